The minimum absolute atomic E-state index is 0.167. The Kier molecular flexibility index (Phi) is 7.13. The average molecular weight is 255 g/mol. The number of hydrogen-bond donors (Lipinski definition) is 3. The molecule has 0 saturated heterocycles. The number of nitrogens with two attached hydrogens (primary N) is 1. The summed E-state index contributed by atoms with van der Waals surface area (Å²) >= 11 is 0. The maximum Gasteiger partial charge on any atom is 0.399 e. The maximum atomic E-state index is 12.6. The molecule has 0 aliphatic heterocycles. The second kappa shape index (κ2) is 7.50. The summed E-state index contributed by atoms with van der Waals surface area (Å²) in [6.07, 6.45) is -2.90. The van der Waals surface area contributed by atoms with Crippen LogP contribution in [0.15, 0.2) is 0 Å². The van der Waals surface area contributed by atoms with Crippen molar-refractivity contribution in [2.45, 2.75) is 25.9 Å². The van der Waals surface area contributed by atoms with Crippen LogP contribution >= 0.6 is 0 Å². The van der Waals surface area contributed by atoms with Crippen molar-refractivity contribution >= 4 is 5.84 Å². The SMILES string of the molecule is CCCCN(CCO)CC(C(=N)N)C(F)(F)F. The first-order chi connectivity index (χ1) is 7.82. The Balaban J connectivity index is 4.51. The Hall–Kier alpha value is -0.820. The van der Waals surface area contributed by atoms with Gasteiger partial charge in [0.05, 0.1) is 6.61 Å². The monoisotopic (exact) mass is 255 g/mol. The van der Waals surface area contributed by atoms with Gasteiger partial charge in [-0.1, -0.05) is 13.3 Å². The summed E-state index contributed by atoms with van der Waals surface area (Å²) in [5.41, 5.74) is 4.97. The highest BCUT2D eigenvalue weighted by Crippen LogP contribution is 2.26. The van der Waals surface area contributed by atoms with E-state index in [9.17, 15) is 13.2 Å². The van der Waals surface area contributed by atoms with Crippen LogP contribution in [0.2, 0.25) is 0 Å². The normalized spacial score (nSPS) is 14.0. The van der Waals surface area contributed by atoms with Gasteiger partial charge in [-0.2, -0.15) is 13.2 Å². The summed E-state index contributed by atoms with van der Waals surface area (Å²) in [6, 6.07) is 0. The molecule has 102 valence electrons. The number of alkyl halides is 3. The van der Waals surface area contributed by atoms with Crippen molar-refractivity contribution < 1.29 is 18.3 Å². The number of aliphatic hydroxyl groups is 1. The van der Waals surface area contributed by atoms with Gasteiger partial charge in [0.2, 0.25) is 0 Å². The molecule has 4 nitrogen and oxygen atoms in total. The van der Waals surface area contributed by atoms with Crippen LogP contribution in [-0.2, 0) is 0 Å². The zero-order chi connectivity index (χ0) is 13.5. The summed E-state index contributed by atoms with van der Waals surface area (Å²) in [7, 11) is 0. The molecule has 7 heteroatoms. The molecule has 0 heterocycles. The number of hydrogen-bond acceptors (Lipinski definition) is 3. The van der Waals surface area contributed by atoms with Crippen molar-refractivity contribution in [2.75, 3.05) is 26.2 Å². The number of unbranched alkanes of at least 4 members (excludes halogenated alkanes) is 1. The van der Waals surface area contributed by atoms with Crippen LogP contribution in [0.4, 0.5) is 13.2 Å². The quantitative estimate of drug-likeness (QED) is 0.450. The van der Waals surface area contributed by atoms with Gasteiger partial charge in [0.1, 0.15) is 11.8 Å². The summed E-state index contributed by atoms with van der Waals surface area (Å²) < 4.78 is 37.8. The molecule has 0 saturated carbocycles. The fourth-order valence-corrected chi connectivity index (χ4v) is 1.45. The molecule has 0 fully saturated rings. The molecule has 0 amide bonds. The van der Waals surface area contributed by atoms with Crippen molar-refractivity contribution in [3.05, 3.63) is 0 Å². The highest BCUT2D eigenvalue weighted by Gasteiger charge is 2.42. The van der Waals surface area contributed by atoms with Gasteiger partial charge in [0.25, 0.3) is 0 Å². The molecule has 0 rings (SSSR count). The van der Waals surface area contributed by atoms with Crippen molar-refractivity contribution in [1.82, 2.24) is 4.90 Å². The van der Waals surface area contributed by atoms with E-state index in [1.54, 1.807) is 0 Å². The summed E-state index contributed by atoms with van der Waals surface area (Å²) in [5.74, 6) is -2.83. The van der Waals surface area contributed by atoms with Crippen LogP contribution in [0.1, 0.15) is 19.8 Å². The summed E-state index contributed by atoms with van der Waals surface area (Å²) in [5, 5.41) is 15.8. The van der Waals surface area contributed by atoms with Crippen molar-refractivity contribution in [3.8, 4) is 0 Å². The van der Waals surface area contributed by atoms with Crippen LogP contribution in [0.5, 0.6) is 0 Å². The molecular weight excluding hydrogens is 235 g/mol. The van der Waals surface area contributed by atoms with E-state index in [0.29, 0.717) is 6.54 Å². The number of nitrogens with zero attached hydrogens (tertiary/aromatic N) is 1. The first-order valence-electron chi connectivity index (χ1n) is 5.56. The molecule has 0 radical (unpaired) electrons. The van der Waals surface area contributed by atoms with Gasteiger partial charge in [-0.25, -0.2) is 0 Å². The molecule has 0 aliphatic carbocycles. The van der Waals surface area contributed by atoms with Crippen LogP contribution in [0.25, 0.3) is 0 Å². The van der Waals surface area contributed by atoms with E-state index in [1.165, 1.54) is 4.90 Å². The molecule has 17 heavy (non-hydrogen) atoms. The van der Waals surface area contributed by atoms with Gasteiger partial charge >= 0.3 is 6.18 Å². The van der Waals surface area contributed by atoms with Gasteiger partial charge in [-0.3, -0.25) is 10.3 Å². The maximum absolute atomic E-state index is 12.6. The molecular formula is C10H20F3N3O. The minimum atomic E-state index is -4.51. The average Bonchev–Trinajstić information content (AvgIpc) is 2.19. The van der Waals surface area contributed by atoms with Crippen LogP contribution in [0, 0.1) is 11.3 Å². The molecule has 0 aromatic rings. The third kappa shape index (κ3) is 6.48. The van der Waals surface area contributed by atoms with E-state index in [4.69, 9.17) is 16.2 Å². The molecule has 1 atom stereocenters. The lowest BCUT2D eigenvalue weighted by Gasteiger charge is -2.27. The van der Waals surface area contributed by atoms with Gasteiger partial charge in [0.15, 0.2) is 0 Å². The summed E-state index contributed by atoms with van der Waals surface area (Å²) in [6.45, 7) is 2.01. The first-order valence-corrected chi connectivity index (χ1v) is 5.56. The van der Waals surface area contributed by atoms with Gasteiger partial charge in [-0.05, 0) is 13.0 Å². The molecule has 1 unspecified atom stereocenters. The van der Waals surface area contributed by atoms with Crippen LogP contribution in [0.3, 0.4) is 0 Å². The minimum Gasteiger partial charge on any atom is -0.395 e. The number of aliphatic hydroxyl groups excluding tert-OH is 1. The number of rotatable bonds is 8. The van der Waals surface area contributed by atoms with Crippen LogP contribution < -0.4 is 5.73 Å². The Morgan fingerprint density at radius 2 is 2.00 bits per heavy atom. The predicted molar refractivity (Wildman–Crippen MR) is 59.9 cm³/mol. The first kappa shape index (κ1) is 16.2. The topological polar surface area (TPSA) is 73.3 Å². The largest absolute Gasteiger partial charge is 0.399 e. The highest BCUT2D eigenvalue weighted by molar-refractivity contribution is 5.80. The van der Waals surface area contributed by atoms with E-state index in [-0.39, 0.29) is 19.7 Å². The summed E-state index contributed by atoms with van der Waals surface area (Å²) in [4.78, 5) is 1.49. The Morgan fingerprint density at radius 1 is 1.41 bits per heavy atom. The second-order valence-corrected chi connectivity index (χ2v) is 3.93. The van der Waals surface area contributed by atoms with E-state index < -0.39 is 17.9 Å². The zero-order valence-corrected chi connectivity index (χ0v) is 9.93. The standard InChI is InChI=1S/C10H20F3N3O/c1-2-3-4-16(5-6-17)7-8(9(14)15)10(11,12)13/h8,17H,2-7H2,1H3,(H3,14,15). The van der Waals surface area contributed by atoms with Crippen molar-refractivity contribution in [1.29, 1.82) is 5.41 Å². The highest BCUT2D eigenvalue weighted by atomic mass is 19.4. The van der Waals surface area contributed by atoms with E-state index in [1.807, 2.05) is 6.92 Å². The Bertz CT molecular complexity index is 233. The van der Waals surface area contributed by atoms with Crippen LogP contribution in [-0.4, -0.2) is 48.3 Å². The lowest BCUT2D eigenvalue weighted by atomic mass is 10.1. The van der Waals surface area contributed by atoms with E-state index in [2.05, 4.69) is 0 Å². The lowest BCUT2D eigenvalue weighted by molar-refractivity contribution is -0.160. The molecule has 0 spiro atoms. The second-order valence-electron chi connectivity index (χ2n) is 3.93. The zero-order valence-electron chi connectivity index (χ0n) is 9.93. The Morgan fingerprint density at radius 3 is 2.35 bits per heavy atom. The van der Waals surface area contributed by atoms with Gasteiger partial charge in [-0.15, -0.1) is 0 Å². The van der Waals surface area contributed by atoms with E-state index in [0.717, 1.165) is 12.8 Å². The lowest BCUT2D eigenvalue weighted by Crippen LogP contribution is -2.45. The van der Waals surface area contributed by atoms with Crippen molar-refractivity contribution in [2.24, 2.45) is 11.7 Å². The van der Waals surface area contributed by atoms with Gasteiger partial charge in [0, 0.05) is 13.1 Å². The fourth-order valence-electron chi connectivity index (χ4n) is 1.45. The Labute approximate surface area is 99.1 Å². The molecule has 0 aromatic heterocycles. The number of halogens is 3. The molecule has 0 aliphatic rings. The van der Waals surface area contributed by atoms with Crippen molar-refractivity contribution in [3.63, 3.8) is 0 Å². The third-order valence-electron chi connectivity index (χ3n) is 2.46. The third-order valence-corrected chi connectivity index (χ3v) is 2.46. The van der Waals surface area contributed by atoms with E-state index >= 15 is 0 Å². The molecule has 0 aromatic carbocycles. The van der Waals surface area contributed by atoms with Gasteiger partial charge < -0.3 is 10.8 Å². The fraction of sp³-hybridized carbons (Fsp3) is 0.900. The predicted octanol–water partition coefficient (Wildman–Crippen LogP) is 1.20. The number of amidine groups is 1. The smallest absolute Gasteiger partial charge is 0.395 e. The number of nitrogens with one attached hydrogen (secondary N) is 1. The molecule has 4 N–H and O–H groups in total. The molecule has 0 bridgehead atoms.